The van der Waals surface area contributed by atoms with Gasteiger partial charge in [-0.3, -0.25) is 0 Å². The lowest BCUT2D eigenvalue weighted by Gasteiger charge is -2.29. The fourth-order valence-electron chi connectivity index (χ4n) is 3.54. The van der Waals surface area contributed by atoms with Crippen molar-refractivity contribution in [3.63, 3.8) is 0 Å². The SMILES string of the molecule is COc1ccc(C)cc1Nc1cc(C)nc(N2CCCc3ccccc32)n1. The first-order valence-electron chi connectivity index (χ1n) is 9.27. The molecule has 4 rings (SSSR count). The number of hydrogen-bond donors (Lipinski definition) is 1. The Morgan fingerprint density at radius 3 is 2.74 bits per heavy atom. The zero-order valence-electron chi connectivity index (χ0n) is 16.0. The number of fused-ring (bicyclic) bond motifs is 1. The van der Waals surface area contributed by atoms with E-state index in [2.05, 4.69) is 47.5 Å². The Morgan fingerprint density at radius 1 is 1.04 bits per heavy atom. The van der Waals surface area contributed by atoms with Gasteiger partial charge in [-0.1, -0.05) is 24.3 Å². The van der Waals surface area contributed by atoms with Gasteiger partial charge in [-0.2, -0.15) is 4.98 Å². The highest BCUT2D eigenvalue weighted by Gasteiger charge is 2.20. The van der Waals surface area contributed by atoms with Gasteiger partial charge in [0.1, 0.15) is 11.6 Å². The van der Waals surface area contributed by atoms with Crippen LogP contribution >= 0.6 is 0 Å². The minimum Gasteiger partial charge on any atom is -0.495 e. The van der Waals surface area contributed by atoms with Gasteiger partial charge in [0.25, 0.3) is 0 Å². The van der Waals surface area contributed by atoms with Crippen LogP contribution in [0.2, 0.25) is 0 Å². The molecule has 2 aromatic carbocycles. The summed E-state index contributed by atoms with van der Waals surface area (Å²) in [5.41, 5.74) is 5.55. The Balaban J connectivity index is 1.70. The van der Waals surface area contributed by atoms with Gasteiger partial charge in [0.05, 0.1) is 12.8 Å². The van der Waals surface area contributed by atoms with Gasteiger partial charge < -0.3 is 15.0 Å². The molecular weight excluding hydrogens is 336 g/mol. The van der Waals surface area contributed by atoms with Crippen molar-refractivity contribution in [2.45, 2.75) is 26.7 Å². The van der Waals surface area contributed by atoms with E-state index in [1.807, 2.05) is 25.1 Å². The second-order valence-electron chi connectivity index (χ2n) is 6.91. The maximum absolute atomic E-state index is 5.48. The normalized spacial score (nSPS) is 13.2. The molecule has 0 fully saturated rings. The zero-order chi connectivity index (χ0) is 18.8. The molecule has 1 aliphatic heterocycles. The fourth-order valence-corrected chi connectivity index (χ4v) is 3.54. The first-order valence-corrected chi connectivity index (χ1v) is 9.27. The molecule has 1 N–H and O–H groups in total. The summed E-state index contributed by atoms with van der Waals surface area (Å²) in [5, 5.41) is 3.41. The Morgan fingerprint density at radius 2 is 1.89 bits per heavy atom. The molecule has 5 heteroatoms. The summed E-state index contributed by atoms with van der Waals surface area (Å²) in [6, 6.07) is 16.5. The number of benzene rings is 2. The smallest absolute Gasteiger partial charge is 0.232 e. The second-order valence-corrected chi connectivity index (χ2v) is 6.91. The van der Waals surface area contributed by atoms with E-state index in [1.54, 1.807) is 7.11 Å². The highest BCUT2D eigenvalue weighted by atomic mass is 16.5. The Hall–Kier alpha value is -3.08. The maximum atomic E-state index is 5.48. The lowest BCUT2D eigenvalue weighted by atomic mass is 10.0. The molecule has 0 spiro atoms. The number of rotatable bonds is 4. The van der Waals surface area contributed by atoms with Crippen LogP contribution in [0.25, 0.3) is 0 Å². The quantitative estimate of drug-likeness (QED) is 0.715. The summed E-state index contributed by atoms with van der Waals surface area (Å²) in [6.45, 7) is 4.99. The lowest BCUT2D eigenvalue weighted by molar-refractivity contribution is 0.416. The van der Waals surface area contributed by atoms with Crippen molar-refractivity contribution in [1.82, 2.24) is 9.97 Å². The molecule has 0 radical (unpaired) electrons. The van der Waals surface area contributed by atoms with Crippen LogP contribution < -0.4 is 15.0 Å². The van der Waals surface area contributed by atoms with Crippen molar-refractivity contribution in [2.24, 2.45) is 0 Å². The van der Waals surface area contributed by atoms with Crippen molar-refractivity contribution in [3.05, 3.63) is 65.4 Å². The minimum atomic E-state index is 0.733. The lowest BCUT2D eigenvalue weighted by Crippen LogP contribution is -2.26. The average molecular weight is 360 g/mol. The largest absolute Gasteiger partial charge is 0.495 e. The molecule has 27 heavy (non-hydrogen) atoms. The molecular formula is C22H24N4O. The number of methoxy groups -OCH3 is 1. The number of nitrogens with one attached hydrogen (secondary N) is 1. The van der Waals surface area contributed by atoms with Crippen LogP contribution in [0, 0.1) is 13.8 Å². The average Bonchev–Trinajstić information content (AvgIpc) is 2.67. The van der Waals surface area contributed by atoms with Gasteiger partial charge in [0.15, 0.2) is 0 Å². The number of anilines is 4. The zero-order valence-corrected chi connectivity index (χ0v) is 16.0. The van der Waals surface area contributed by atoms with Crippen LogP contribution in [0.15, 0.2) is 48.5 Å². The van der Waals surface area contributed by atoms with Crippen LogP contribution in [0.3, 0.4) is 0 Å². The van der Waals surface area contributed by atoms with Crippen molar-refractivity contribution >= 4 is 23.1 Å². The third-order valence-electron chi connectivity index (χ3n) is 4.81. The van der Waals surface area contributed by atoms with Crippen LogP contribution in [-0.4, -0.2) is 23.6 Å². The Labute approximate surface area is 160 Å². The second kappa shape index (κ2) is 7.27. The number of hydrogen-bond acceptors (Lipinski definition) is 5. The molecule has 2 heterocycles. The minimum absolute atomic E-state index is 0.733. The standard InChI is InChI=1S/C22H24N4O/c1-15-10-11-20(27-3)18(13-15)24-21-14-16(2)23-22(25-21)26-12-6-8-17-7-4-5-9-19(17)26/h4-5,7,9-11,13-14H,6,8,12H2,1-3H3,(H,23,24,25). The summed E-state index contributed by atoms with van der Waals surface area (Å²) in [7, 11) is 1.68. The van der Waals surface area contributed by atoms with E-state index in [4.69, 9.17) is 14.7 Å². The number of aromatic nitrogens is 2. The molecule has 0 bridgehead atoms. The third kappa shape index (κ3) is 3.58. The molecule has 0 saturated carbocycles. The van der Waals surface area contributed by atoms with E-state index in [1.165, 1.54) is 11.3 Å². The third-order valence-corrected chi connectivity index (χ3v) is 4.81. The number of ether oxygens (including phenoxy) is 1. The molecule has 138 valence electrons. The summed E-state index contributed by atoms with van der Waals surface area (Å²) >= 11 is 0. The van der Waals surface area contributed by atoms with Gasteiger partial charge >= 0.3 is 0 Å². The van der Waals surface area contributed by atoms with Crippen molar-refractivity contribution in [1.29, 1.82) is 0 Å². The van der Waals surface area contributed by atoms with E-state index in [0.29, 0.717) is 0 Å². The van der Waals surface area contributed by atoms with Crippen molar-refractivity contribution in [2.75, 3.05) is 23.9 Å². The fraction of sp³-hybridized carbons (Fsp3) is 0.273. The highest BCUT2D eigenvalue weighted by Crippen LogP contribution is 2.33. The van der Waals surface area contributed by atoms with E-state index in [0.717, 1.165) is 53.8 Å². The van der Waals surface area contributed by atoms with Gasteiger partial charge in [-0.15, -0.1) is 0 Å². The molecule has 1 aromatic heterocycles. The summed E-state index contributed by atoms with van der Waals surface area (Å²) < 4.78 is 5.48. The molecule has 0 amide bonds. The molecule has 0 aliphatic carbocycles. The molecule has 0 saturated heterocycles. The van der Waals surface area contributed by atoms with Gasteiger partial charge in [-0.05, 0) is 56.0 Å². The Bertz CT molecular complexity index is 970. The first kappa shape index (κ1) is 17.3. The van der Waals surface area contributed by atoms with E-state index < -0.39 is 0 Å². The molecule has 0 unspecified atom stereocenters. The van der Waals surface area contributed by atoms with Crippen molar-refractivity contribution in [3.8, 4) is 5.75 Å². The van der Waals surface area contributed by atoms with E-state index in [9.17, 15) is 0 Å². The summed E-state index contributed by atoms with van der Waals surface area (Å²) in [5.74, 6) is 2.29. The topological polar surface area (TPSA) is 50.3 Å². The number of para-hydroxylation sites is 1. The predicted molar refractivity (Wildman–Crippen MR) is 110 cm³/mol. The van der Waals surface area contributed by atoms with Crippen LogP contribution in [-0.2, 0) is 6.42 Å². The number of nitrogens with zero attached hydrogens (tertiary/aromatic N) is 3. The molecule has 5 nitrogen and oxygen atoms in total. The molecule has 0 atom stereocenters. The monoisotopic (exact) mass is 360 g/mol. The van der Waals surface area contributed by atoms with Gasteiger partial charge in [-0.25, -0.2) is 4.98 Å². The molecule has 1 aliphatic rings. The van der Waals surface area contributed by atoms with Crippen LogP contribution in [0.4, 0.5) is 23.1 Å². The highest BCUT2D eigenvalue weighted by molar-refractivity contribution is 5.68. The Kier molecular flexibility index (Phi) is 4.67. The van der Waals surface area contributed by atoms with E-state index in [-0.39, 0.29) is 0 Å². The van der Waals surface area contributed by atoms with Gasteiger partial charge in [0.2, 0.25) is 5.95 Å². The summed E-state index contributed by atoms with van der Waals surface area (Å²) in [4.78, 5) is 11.7. The number of aryl methyl sites for hydroxylation is 3. The maximum Gasteiger partial charge on any atom is 0.232 e. The predicted octanol–water partition coefficient (Wildman–Crippen LogP) is 4.93. The van der Waals surface area contributed by atoms with Crippen LogP contribution in [0.1, 0.15) is 23.2 Å². The van der Waals surface area contributed by atoms with Crippen molar-refractivity contribution < 1.29 is 4.74 Å². The van der Waals surface area contributed by atoms with E-state index >= 15 is 0 Å². The summed E-state index contributed by atoms with van der Waals surface area (Å²) in [6.07, 6.45) is 2.20. The van der Waals surface area contributed by atoms with Crippen LogP contribution in [0.5, 0.6) is 5.75 Å². The first-order chi connectivity index (χ1) is 13.1. The molecule has 3 aromatic rings. The van der Waals surface area contributed by atoms with Gasteiger partial charge in [0, 0.05) is 24.0 Å².